The fourth-order valence-electron chi connectivity index (χ4n) is 1.92. The zero-order chi connectivity index (χ0) is 15.7. The second-order valence-electron chi connectivity index (χ2n) is 4.57. The monoisotopic (exact) mass is 287 g/mol. The van der Waals surface area contributed by atoms with Crippen molar-refractivity contribution in [2.75, 3.05) is 13.7 Å². The second-order valence-corrected chi connectivity index (χ2v) is 4.57. The highest BCUT2D eigenvalue weighted by molar-refractivity contribution is 5.98. The summed E-state index contributed by atoms with van der Waals surface area (Å²) in [6.45, 7) is 4.58. The van der Waals surface area contributed by atoms with Crippen LogP contribution in [0.5, 0.6) is 5.75 Å². The van der Waals surface area contributed by atoms with Gasteiger partial charge in [-0.15, -0.1) is 0 Å². The molecule has 0 unspecified atom stereocenters. The first kappa shape index (κ1) is 16.8. The Morgan fingerprint density at radius 3 is 2.71 bits per heavy atom. The van der Waals surface area contributed by atoms with E-state index in [1.165, 1.54) is 18.7 Å². The van der Waals surface area contributed by atoms with Crippen molar-refractivity contribution in [3.05, 3.63) is 34.9 Å². The maximum atomic E-state index is 11.5. The van der Waals surface area contributed by atoms with Crippen LogP contribution in [-0.4, -0.2) is 19.7 Å². The summed E-state index contributed by atoms with van der Waals surface area (Å²) < 4.78 is 10.2. The molecule has 0 radical (unpaired) electrons. The van der Waals surface area contributed by atoms with Gasteiger partial charge in [0.15, 0.2) is 0 Å². The van der Waals surface area contributed by atoms with Crippen molar-refractivity contribution in [2.24, 2.45) is 0 Å². The molecule has 0 saturated carbocycles. The van der Waals surface area contributed by atoms with E-state index in [4.69, 9.17) is 10.00 Å². The van der Waals surface area contributed by atoms with Gasteiger partial charge in [-0.25, -0.2) is 4.79 Å². The topological polar surface area (TPSA) is 59.3 Å². The van der Waals surface area contributed by atoms with E-state index >= 15 is 0 Å². The van der Waals surface area contributed by atoms with Gasteiger partial charge < -0.3 is 9.47 Å². The van der Waals surface area contributed by atoms with Crippen molar-refractivity contribution in [3.63, 3.8) is 0 Å². The molecule has 1 rings (SSSR count). The first-order chi connectivity index (χ1) is 10.2. The number of ether oxygens (including phenoxy) is 2. The lowest BCUT2D eigenvalue weighted by Crippen LogP contribution is -2.03. The van der Waals surface area contributed by atoms with Crippen molar-refractivity contribution >= 4 is 12.0 Å². The van der Waals surface area contributed by atoms with Crippen LogP contribution in [0.1, 0.15) is 37.8 Å². The molecule has 0 bridgehead atoms. The number of nitrogens with zero attached hydrogens (tertiary/aromatic N) is 1. The van der Waals surface area contributed by atoms with Gasteiger partial charge in [0.25, 0.3) is 0 Å². The minimum Gasteiger partial charge on any atom is -0.493 e. The molecule has 0 heterocycles. The van der Waals surface area contributed by atoms with Crippen LogP contribution in [0.4, 0.5) is 0 Å². The molecular formula is C17H21NO3. The van der Waals surface area contributed by atoms with Gasteiger partial charge in [0.1, 0.15) is 17.4 Å². The van der Waals surface area contributed by atoms with E-state index in [1.54, 1.807) is 0 Å². The van der Waals surface area contributed by atoms with Gasteiger partial charge in [-0.1, -0.05) is 25.5 Å². The zero-order valence-corrected chi connectivity index (χ0v) is 12.8. The van der Waals surface area contributed by atoms with E-state index in [9.17, 15) is 4.79 Å². The lowest BCUT2D eigenvalue weighted by molar-refractivity contribution is -0.135. The average molecular weight is 287 g/mol. The van der Waals surface area contributed by atoms with Crippen LogP contribution in [-0.2, 0) is 16.0 Å². The van der Waals surface area contributed by atoms with Crippen LogP contribution in [0.15, 0.2) is 23.8 Å². The second kappa shape index (κ2) is 8.80. The minimum atomic E-state index is -0.644. The number of benzene rings is 1. The van der Waals surface area contributed by atoms with E-state index in [-0.39, 0.29) is 5.57 Å². The molecule has 0 amide bonds. The molecule has 0 spiro atoms. The molecule has 4 nitrogen and oxygen atoms in total. The Kier molecular flexibility index (Phi) is 7.03. The van der Waals surface area contributed by atoms with Crippen molar-refractivity contribution in [1.82, 2.24) is 0 Å². The molecule has 112 valence electrons. The van der Waals surface area contributed by atoms with Gasteiger partial charge in [-0.2, -0.15) is 5.26 Å². The summed E-state index contributed by atoms with van der Waals surface area (Å²) in [5.74, 6) is 0.0396. The summed E-state index contributed by atoms with van der Waals surface area (Å²) in [7, 11) is 1.25. The number of unbranched alkanes of at least 4 members (excludes halogenated alkanes) is 1. The molecule has 0 fully saturated rings. The van der Waals surface area contributed by atoms with E-state index in [2.05, 4.69) is 11.7 Å². The fourth-order valence-corrected chi connectivity index (χ4v) is 1.92. The smallest absolute Gasteiger partial charge is 0.348 e. The molecular weight excluding hydrogens is 266 g/mol. The highest BCUT2D eigenvalue weighted by Gasteiger charge is 2.11. The van der Waals surface area contributed by atoms with Crippen molar-refractivity contribution in [2.45, 2.75) is 33.1 Å². The Morgan fingerprint density at radius 2 is 2.14 bits per heavy atom. The number of hydrogen-bond donors (Lipinski definition) is 0. The quantitative estimate of drug-likeness (QED) is 0.437. The Balaban J connectivity index is 3.13. The lowest BCUT2D eigenvalue weighted by Gasteiger charge is -2.10. The predicted octanol–water partition coefficient (Wildman–Crippen LogP) is 3.51. The standard InChI is InChI=1S/C17H21NO3/c1-4-6-7-13-8-9-14(16(10-13)21-5-2)11-15(12-18)17(19)20-3/h8-11H,4-7H2,1-3H3. The minimum absolute atomic E-state index is 0.0419. The van der Waals surface area contributed by atoms with E-state index in [1.807, 2.05) is 31.2 Å². The highest BCUT2D eigenvalue weighted by atomic mass is 16.5. The molecule has 0 atom stereocenters. The summed E-state index contributed by atoms with van der Waals surface area (Å²) >= 11 is 0. The van der Waals surface area contributed by atoms with E-state index in [0.717, 1.165) is 19.3 Å². The summed E-state index contributed by atoms with van der Waals surface area (Å²) in [4.78, 5) is 11.5. The third-order valence-corrected chi connectivity index (χ3v) is 3.02. The molecule has 0 N–H and O–H groups in total. The Bertz CT molecular complexity index is 556. The van der Waals surface area contributed by atoms with Gasteiger partial charge >= 0.3 is 5.97 Å². The van der Waals surface area contributed by atoms with E-state index < -0.39 is 5.97 Å². The lowest BCUT2D eigenvalue weighted by atomic mass is 10.0. The molecule has 1 aromatic rings. The van der Waals surface area contributed by atoms with Crippen LogP contribution in [0.2, 0.25) is 0 Å². The summed E-state index contributed by atoms with van der Waals surface area (Å²) in [6.07, 6.45) is 4.74. The zero-order valence-electron chi connectivity index (χ0n) is 12.8. The largest absolute Gasteiger partial charge is 0.493 e. The van der Waals surface area contributed by atoms with Gasteiger partial charge in [-0.05, 0) is 37.5 Å². The maximum absolute atomic E-state index is 11.5. The van der Waals surface area contributed by atoms with Gasteiger partial charge in [0.2, 0.25) is 0 Å². The number of rotatable bonds is 7. The average Bonchev–Trinajstić information content (AvgIpc) is 2.51. The van der Waals surface area contributed by atoms with Crippen molar-refractivity contribution in [3.8, 4) is 11.8 Å². The molecule has 0 aliphatic rings. The molecule has 0 aliphatic heterocycles. The number of carbonyl (C=O) groups excluding carboxylic acids is 1. The maximum Gasteiger partial charge on any atom is 0.348 e. The summed E-state index contributed by atoms with van der Waals surface area (Å²) in [5.41, 5.74) is 1.85. The van der Waals surface area contributed by atoms with Crippen molar-refractivity contribution in [1.29, 1.82) is 5.26 Å². The molecule has 1 aromatic carbocycles. The predicted molar refractivity (Wildman–Crippen MR) is 81.8 cm³/mol. The third-order valence-electron chi connectivity index (χ3n) is 3.02. The number of carbonyl (C=O) groups is 1. The normalized spacial score (nSPS) is 10.9. The van der Waals surface area contributed by atoms with Gasteiger partial charge in [0, 0.05) is 5.56 Å². The summed E-state index contributed by atoms with van der Waals surface area (Å²) in [6, 6.07) is 7.69. The molecule has 21 heavy (non-hydrogen) atoms. The van der Waals surface area contributed by atoms with Crippen LogP contribution in [0, 0.1) is 11.3 Å². The van der Waals surface area contributed by atoms with Gasteiger partial charge in [0.05, 0.1) is 13.7 Å². The number of aryl methyl sites for hydroxylation is 1. The van der Waals surface area contributed by atoms with Gasteiger partial charge in [-0.3, -0.25) is 0 Å². The Morgan fingerprint density at radius 1 is 1.38 bits per heavy atom. The van der Waals surface area contributed by atoms with E-state index in [0.29, 0.717) is 17.9 Å². The van der Waals surface area contributed by atoms with Crippen LogP contribution in [0.25, 0.3) is 6.08 Å². The Hall–Kier alpha value is -2.28. The Labute approximate surface area is 126 Å². The fraction of sp³-hybridized carbons (Fsp3) is 0.412. The SMILES string of the molecule is CCCCc1ccc(C=C(C#N)C(=O)OC)c(OCC)c1. The first-order valence-electron chi connectivity index (χ1n) is 7.12. The summed E-state index contributed by atoms with van der Waals surface area (Å²) in [5, 5.41) is 9.02. The third kappa shape index (κ3) is 4.96. The molecule has 0 aromatic heterocycles. The highest BCUT2D eigenvalue weighted by Crippen LogP contribution is 2.24. The molecule has 4 heteroatoms. The number of nitriles is 1. The van der Waals surface area contributed by atoms with Crippen molar-refractivity contribution < 1.29 is 14.3 Å². The number of methoxy groups -OCH3 is 1. The van der Waals surface area contributed by atoms with Crippen LogP contribution >= 0.6 is 0 Å². The molecule has 0 saturated heterocycles. The van der Waals surface area contributed by atoms with Crippen LogP contribution in [0.3, 0.4) is 0 Å². The first-order valence-corrected chi connectivity index (χ1v) is 7.12. The number of hydrogen-bond acceptors (Lipinski definition) is 4. The molecule has 0 aliphatic carbocycles. The number of esters is 1. The van der Waals surface area contributed by atoms with Crippen LogP contribution < -0.4 is 4.74 Å².